The number of amides is 2. The first kappa shape index (κ1) is 23.0. The van der Waals surface area contributed by atoms with E-state index in [1.807, 2.05) is 43.3 Å². The highest BCUT2D eigenvalue weighted by Gasteiger charge is 2.16. The molecule has 4 rings (SSSR count). The van der Waals surface area contributed by atoms with E-state index in [4.69, 9.17) is 0 Å². The number of carbonyl (C=O) groups is 2. The molecule has 1 aromatic heterocycles. The van der Waals surface area contributed by atoms with Crippen LogP contribution >= 0.6 is 11.8 Å². The molecule has 0 radical (unpaired) electrons. The van der Waals surface area contributed by atoms with Crippen molar-refractivity contribution in [3.05, 3.63) is 59.9 Å². The van der Waals surface area contributed by atoms with Crippen LogP contribution in [-0.2, 0) is 4.79 Å². The second-order valence-corrected chi connectivity index (χ2v) is 9.32. The maximum absolute atomic E-state index is 13.1. The first-order chi connectivity index (χ1) is 16.1. The fourth-order valence-electron chi connectivity index (χ4n) is 3.98. The fraction of sp³-hybridized carbons (Fsp3) is 0.375. The average molecular weight is 465 g/mol. The zero-order chi connectivity index (χ0) is 23.0. The van der Waals surface area contributed by atoms with E-state index < -0.39 is 0 Å². The van der Waals surface area contributed by atoms with Crippen LogP contribution in [-0.4, -0.2) is 44.3 Å². The highest BCUT2D eigenvalue weighted by atomic mass is 32.2. The lowest BCUT2D eigenvalue weighted by molar-refractivity contribution is -0.118. The number of hydrogen-bond acceptors (Lipinski definition) is 6. The molecule has 1 saturated carbocycles. The molecule has 2 amide bonds. The Bertz CT molecular complexity index is 1100. The molecule has 3 aromatic rings. The summed E-state index contributed by atoms with van der Waals surface area (Å²) >= 11 is 1.38. The van der Waals surface area contributed by atoms with Gasteiger partial charge in [-0.1, -0.05) is 37.5 Å². The third-order valence-corrected chi connectivity index (χ3v) is 6.96. The smallest absolute Gasteiger partial charge is 0.256 e. The van der Waals surface area contributed by atoms with Crippen molar-refractivity contribution in [2.75, 3.05) is 17.6 Å². The Balaban J connectivity index is 1.38. The summed E-state index contributed by atoms with van der Waals surface area (Å²) in [6.45, 7) is 2.68. The van der Waals surface area contributed by atoms with Crippen LogP contribution in [0.4, 0.5) is 5.69 Å². The van der Waals surface area contributed by atoms with Gasteiger partial charge in [-0.05, 0) is 65.9 Å². The molecule has 33 heavy (non-hydrogen) atoms. The Labute approximate surface area is 197 Å². The average Bonchev–Trinajstić information content (AvgIpc) is 3.39. The molecular weight excluding hydrogens is 436 g/mol. The summed E-state index contributed by atoms with van der Waals surface area (Å²) in [7, 11) is 0. The van der Waals surface area contributed by atoms with Crippen molar-refractivity contribution in [3.63, 3.8) is 0 Å². The molecule has 2 N–H and O–H groups in total. The van der Waals surface area contributed by atoms with Crippen molar-refractivity contribution in [1.29, 1.82) is 0 Å². The third-order valence-electron chi connectivity index (χ3n) is 5.89. The van der Waals surface area contributed by atoms with Crippen LogP contribution in [0.2, 0.25) is 0 Å². The summed E-state index contributed by atoms with van der Waals surface area (Å²) < 4.78 is 1.53. The first-order valence-electron chi connectivity index (χ1n) is 11.2. The normalized spacial score (nSPS) is 14.1. The predicted molar refractivity (Wildman–Crippen MR) is 129 cm³/mol. The van der Waals surface area contributed by atoms with Crippen molar-refractivity contribution in [1.82, 2.24) is 25.5 Å². The molecule has 1 aliphatic rings. The zero-order valence-corrected chi connectivity index (χ0v) is 19.5. The zero-order valence-electron chi connectivity index (χ0n) is 18.7. The van der Waals surface area contributed by atoms with Crippen molar-refractivity contribution in [2.45, 2.75) is 43.9 Å². The molecule has 172 valence electrons. The van der Waals surface area contributed by atoms with Gasteiger partial charge in [0.25, 0.3) is 5.91 Å². The number of anilines is 1. The standard InChI is InChI=1S/C24H28N6O2S/c1-17-11-12-19(30-16-26-28-29-30)13-21(17)27-24(32)20-9-5-6-10-22(20)33-15-23(31)25-14-18-7-3-2-4-8-18/h5-6,9-13,16,18H,2-4,7-8,14-15H2,1H3,(H,25,31)(H,27,32). The Morgan fingerprint density at radius 1 is 1.12 bits per heavy atom. The number of hydrogen-bond donors (Lipinski definition) is 2. The number of carbonyl (C=O) groups excluding carboxylic acids is 2. The molecule has 1 fully saturated rings. The molecule has 1 aliphatic carbocycles. The van der Waals surface area contributed by atoms with Crippen LogP contribution in [0.5, 0.6) is 0 Å². The van der Waals surface area contributed by atoms with Crippen LogP contribution in [0.25, 0.3) is 5.69 Å². The Morgan fingerprint density at radius 3 is 2.73 bits per heavy atom. The van der Waals surface area contributed by atoms with Crippen LogP contribution in [0, 0.1) is 12.8 Å². The fourth-order valence-corrected chi connectivity index (χ4v) is 4.86. The maximum atomic E-state index is 13.1. The van der Waals surface area contributed by atoms with Crippen molar-refractivity contribution >= 4 is 29.3 Å². The lowest BCUT2D eigenvalue weighted by Gasteiger charge is -2.21. The molecule has 2 aromatic carbocycles. The number of thioether (sulfide) groups is 1. The molecule has 0 bridgehead atoms. The first-order valence-corrected chi connectivity index (χ1v) is 12.2. The minimum atomic E-state index is -0.224. The topological polar surface area (TPSA) is 102 Å². The number of tetrazole rings is 1. The van der Waals surface area contributed by atoms with E-state index in [-0.39, 0.29) is 17.6 Å². The minimum Gasteiger partial charge on any atom is -0.355 e. The molecule has 8 nitrogen and oxygen atoms in total. The Hall–Kier alpha value is -3.20. The number of nitrogens with zero attached hydrogens (tertiary/aromatic N) is 4. The van der Waals surface area contributed by atoms with Gasteiger partial charge in [0.1, 0.15) is 6.33 Å². The van der Waals surface area contributed by atoms with Gasteiger partial charge in [0.05, 0.1) is 17.0 Å². The van der Waals surface area contributed by atoms with Crippen LogP contribution in [0.15, 0.2) is 53.7 Å². The largest absolute Gasteiger partial charge is 0.355 e. The lowest BCUT2D eigenvalue weighted by Crippen LogP contribution is -2.31. The van der Waals surface area contributed by atoms with Gasteiger partial charge < -0.3 is 10.6 Å². The number of rotatable bonds is 8. The predicted octanol–water partition coefficient (Wildman–Crippen LogP) is 4.01. The monoisotopic (exact) mass is 464 g/mol. The number of aromatic nitrogens is 4. The molecule has 0 spiro atoms. The van der Waals surface area contributed by atoms with Crippen molar-refractivity contribution in [3.8, 4) is 5.69 Å². The molecule has 0 saturated heterocycles. The van der Waals surface area contributed by atoms with Crippen LogP contribution in [0.1, 0.15) is 48.0 Å². The Kier molecular flexibility index (Phi) is 7.72. The molecule has 0 aliphatic heterocycles. The molecule has 1 heterocycles. The van der Waals surface area contributed by atoms with Gasteiger partial charge in [0, 0.05) is 17.1 Å². The summed E-state index contributed by atoms with van der Waals surface area (Å²) in [6, 6.07) is 13.0. The van der Waals surface area contributed by atoms with E-state index in [1.54, 1.807) is 6.07 Å². The van der Waals surface area contributed by atoms with Crippen molar-refractivity contribution in [2.24, 2.45) is 5.92 Å². The van der Waals surface area contributed by atoms with E-state index in [2.05, 4.69) is 26.2 Å². The molecule has 9 heteroatoms. The number of benzene rings is 2. The maximum Gasteiger partial charge on any atom is 0.256 e. The second-order valence-electron chi connectivity index (χ2n) is 8.30. The second kappa shape index (κ2) is 11.1. The van der Waals surface area contributed by atoms with E-state index in [1.165, 1.54) is 54.9 Å². The van der Waals surface area contributed by atoms with Crippen molar-refractivity contribution < 1.29 is 9.59 Å². The van der Waals surface area contributed by atoms with Gasteiger partial charge in [-0.2, -0.15) is 0 Å². The van der Waals surface area contributed by atoms with E-state index in [9.17, 15) is 9.59 Å². The van der Waals surface area contributed by atoms with E-state index >= 15 is 0 Å². The van der Waals surface area contributed by atoms with Gasteiger partial charge in [0.2, 0.25) is 5.91 Å². The molecule has 0 unspecified atom stereocenters. The SMILES string of the molecule is Cc1ccc(-n2cnnn2)cc1NC(=O)c1ccccc1SCC(=O)NCC1CCCCC1. The third kappa shape index (κ3) is 6.19. The van der Waals surface area contributed by atoms with Gasteiger partial charge in [-0.25, -0.2) is 4.68 Å². The molecular formula is C24H28N6O2S. The molecule has 0 atom stereocenters. The van der Waals surface area contributed by atoms with E-state index in [0.717, 1.165) is 22.7 Å². The summed E-state index contributed by atoms with van der Waals surface area (Å²) in [5, 5.41) is 17.3. The van der Waals surface area contributed by atoms with Gasteiger partial charge in [-0.3, -0.25) is 9.59 Å². The summed E-state index contributed by atoms with van der Waals surface area (Å²) in [4.78, 5) is 26.2. The van der Waals surface area contributed by atoms with E-state index in [0.29, 0.717) is 17.2 Å². The van der Waals surface area contributed by atoms with Crippen LogP contribution < -0.4 is 10.6 Å². The lowest BCUT2D eigenvalue weighted by atomic mass is 9.89. The summed E-state index contributed by atoms with van der Waals surface area (Å²) in [5.41, 5.74) is 2.89. The highest BCUT2D eigenvalue weighted by molar-refractivity contribution is 8.00. The van der Waals surface area contributed by atoms with Crippen LogP contribution in [0.3, 0.4) is 0 Å². The summed E-state index contributed by atoms with van der Waals surface area (Å²) in [5.74, 6) is 0.659. The summed E-state index contributed by atoms with van der Waals surface area (Å²) in [6.07, 6.45) is 7.73. The minimum absolute atomic E-state index is 0.00534. The quantitative estimate of drug-likeness (QED) is 0.489. The van der Waals surface area contributed by atoms with Gasteiger partial charge in [-0.15, -0.1) is 16.9 Å². The number of nitrogens with one attached hydrogen (secondary N) is 2. The number of aryl methyl sites for hydroxylation is 1. The highest BCUT2D eigenvalue weighted by Crippen LogP contribution is 2.26. The van der Waals surface area contributed by atoms with Gasteiger partial charge >= 0.3 is 0 Å². The van der Waals surface area contributed by atoms with Gasteiger partial charge in [0.15, 0.2) is 0 Å². The Morgan fingerprint density at radius 2 is 1.94 bits per heavy atom.